The van der Waals surface area contributed by atoms with Crippen LogP contribution in [0.25, 0.3) is 0 Å². The first-order chi connectivity index (χ1) is 7.08. The van der Waals surface area contributed by atoms with E-state index in [0.717, 1.165) is 5.56 Å². The van der Waals surface area contributed by atoms with Crippen molar-refractivity contribution in [2.24, 2.45) is 5.92 Å². The highest BCUT2D eigenvalue weighted by Crippen LogP contribution is 2.35. The van der Waals surface area contributed by atoms with Gasteiger partial charge >= 0.3 is 0 Å². The zero-order chi connectivity index (χ0) is 10.9. The van der Waals surface area contributed by atoms with Crippen molar-refractivity contribution in [1.29, 1.82) is 0 Å². The topological polar surface area (TPSA) is 34.1 Å². The van der Waals surface area contributed by atoms with E-state index in [9.17, 15) is 8.42 Å². The Balaban J connectivity index is 2.14. The standard InChI is InChI=1S/C11H13ClO2S/c12-11(9-4-2-1-3-5-9)10-6-7-15(13,14)8-10/h1-5,10-11H,6-8H2. The number of hydrogen-bond donors (Lipinski definition) is 0. The quantitative estimate of drug-likeness (QED) is 0.749. The fourth-order valence-corrected chi connectivity index (χ4v) is 4.27. The molecule has 1 heterocycles. The lowest BCUT2D eigenvalue weighted by atomic mass is 9.98. The highest BCUT2D eigenvalue weighted by atomic mass is 35.5. The summed E-state index contributed by atoms with van der Waals surface area (Å²) in [6, 6.07) is 9.67. The summed E-state index contributed by atoms with van der Waals surface area (Å²) in [6.07, 6.45) is 0.686. The number of hydrogen-bond acceptors (Lipinski definition) is 2. The summed E-state index contributed by atoms with van der Waals surface area (Å²) >= 11 is 6.28. The molecule has 0 N–H and O–H groups in total. The molecule has 0 spiro atoms. The summed E-state index contributed by atoms with van der Waals surface area (Å²) in [5, 5.41) is -0.177. The van der Waals surface area contributed by atoms with E-state index in [1.54, 1.807) is 0 Å². The first kappa shape index (κ1) is 11.0. The lowest BCUT2D eigenvalue weighted by Gasteiger charge is -2.15. The lowest BCUT2D eigenvalue weighted by Crippen LogP contribution is -2.10. The maximum absolute atomic E-state index is 11.3. The Hall–Kier alpha value is -0.540. The number of sulfone groups is 1. The van der Waals surface area contributed by atoms with Crippen LogP contribution in [0.4, 0.5) is 0 Å². The Bertz CT molecular complexity index is 427. The van der Waals surface area contributed by atoms with Crippen LogP contribution in [0, 0.1) is 5.92 Å². The molecule has 0 radical (unpaired) electrons. The minimum Gasteiger partial charge on any atom is -0.229 e. The third-order valence-corrected chi connectivity index (χ3v) is 5.20. The van der Waals surface area contributed by atoms with Crippen molar-refractivity contribution < 1.29 is 8.42 Å². The molecule has 0 aromatic heterocycles. The van der Waals surface area contributed by atoms with E-state index < -0.39 is 9.84 Å². The van der Waals surface area contributed by atoms with Crippen LogP contribution in [0.3, 0.4) is 0 Å². The van der Waals surface area contributed by atoms with Crippen molar-refractivity contribution in [1.82, 2.24) is 0 Å². The van der Waals surface area contributed by atoms with E-state index in [-0.39, 0.29) is 22.8 Å². The molecule has 2 nitrogen and oxygen atoms in total. The second-order valence-electron chi connectivity index (χ2n) is 3.98. The number of rotatable bonds is 2. The Morgan fingerprint density at radius 3 is 2.47 bits per heavy atom. The van der Waals surface area contributed by atoms with E-state index in [1.165, 1.54) is 0 Å². The Morgan fingerprint density at radius 2 is 1.93 bits per heavy atom. The first-order valence-corrected chi connectivity index (χ1v) is 7.24. The van der Waals surface area contributed by atoms with Crippen LogP contribution in [-0.4, -0.2) is 19.9 Å². The van der Waals surface area contributed by atoms with Gasteiger partial charge in [0.1, 0.15) is 0 Å². The average Bonchev–Trinajstić information content (AvgIpc) is 2.59. The van der Waals surface area contributed by atoms with Crippen molar-refractivity contribution in [3.8, 4) is 0 Å². The number of benzene rings is 1. The number of halogens is 1. The molecular formula is C11H13ClO2S. The molecule has 1 fully saturated rings. The van der Waals surface area contributed by atoms with E-state index >= 15 is 0 Å². The summed E-state index contributed by atoms with van der Waals surface area (Å²) in [4.78, 5) is 0. The van der Waals surface area contributed by atoms with Crippen molar-refractivity contribution >= 4 is 21.4 Å². The van der Waals surface area contributed by atoms with Crippen LogP contribution in [0.5, 0.6) is 0 Å². The molecule has 1 aromatic rings. The van der Waals surface area contributed by atoms with Crippen LogP contribution in [-0.2, 0) is 9.84 Å². The molecule has 1 aliphatic rings. The van der Waals surface area contributed by atoms with E-state index in [4.69, 9.17) is 11.6 Å². The van der Waals surface area contributed by atoms with Crippen LogP contribution in [0.1, 0.15) is 17.4 Å². The molecule has 1 saturated heterocycles. The average molecular weight is 245 g/mol. The van der Waals surface area contributed by atoms with Gasteiger partial charge in [-0.25, -0.2) is 8.42 Å². The highest BCUT2D eigenvalue weighted by Gasteiger charge is 2.33. The minimum atomic E-state index is -2.83. The summed E-state index contributed by atoms with van der Waals surface area (Å²) in [5.74, 6) is 0.586. The molecule has 2 unspecified atom stereocenters. The fourth-order valence-electron chi connectivity index (χ4n) is 1.96. The van der Waals surface area contributed by atoms with Gasteiger partial charge in [0, 0.05) is 0 Å². The third kappa shape index (κ3) is 2.52. The van der Waals surface area contributed by atoms with Crippen molar-refractivity contribution in [3.63, 3.8) is 0 Å². The van der Waals surface area contributed by atoms with Gasteiger partial charge in [0.05, 0.1) is 16.9 Å². The maximum atomic E-state index is 11.3. The van der Waals surface area contributed by atoms with Crippen LogP contribution < -0.4 is 0 Å². The van der Waals surface area contributed by atoms with Gasteiger partial charge in [-0.2, -0.15) is 0 Å². The normalized spacial score (nSPS) is 26.3. The van der Waals surface area contributed by atoms with Crippen molar-refractivity contribution in [2.75, 3.05) is 11.5 Å². The molecule has 1 aromatic carbocycles. The van der Waals surface area contributed by atoms with Crippen LogP contribution >= 0.6 is 11.6 Å². The second-order valence-corrected chi connectivity index (χ2v) is 6.67. The Kier molecular flexibility index (Phi) is 3.03. The summed E-state index contributed by atoms with van der Waals surface area (Å²) in [7, 11) is -2.83. The molecule has 0 amide bonds. The van der Waals surface area contributed by atoms with Crippen LogP contribution in [0.2, 0.25) is 0 Å². The van der Waals surface area contributed by atoms with E-state index in [2.05, 4.69) is 0 Å². The molecule has 0 saturated carbocycles. The summed E-state index contributed by atoms with van der Waals surface area (Å²) in [6.45, 7) is 0. The minimum absolute atomic E-state index is 0.0686. The van der Waals surface area contributed by atoms with Gasteiger partial charge in [-0.3, -0.25) is 0 Å². The van der Waals surface area contributed by atoms with Gasteiger partial charge in [-0.05, 0) is 17.9 Å². The summed E-state index contributed by atoms with van der Waals surface area (Å²) < 4.78 is 22.6. The zero-order valence-electron chi connectivity index (χ0n) is 8.27. The SMILES string of the molecule is O=S1(=O)CCC(C(Cl)c2ccccc2)C1. The predicted octanol–water partition coefficient (Wildman–Crippen LogP) is 2.40. The Labute approximate surface area is 95.2 Å². The smallest absolute Gasteiger partial charge is 0.150 e. The fraction of sp³-hybridized carbons (Fsp3) is 0.455. The monoisotopic (exact) mass is 244 g/mol. The molecule has 2 rings (SSSR count). The molecule has 1 aliphatic heterocycles. The second kappa shape index (κ2) is 4.14. The predicted molar refractivity (Wildman–Crippen MR) is 61.8 cm³/mol. The van der Waals surface area contributed by atoms with Crippen molar-refractivity contribution in [2.45, 2.75) is 11.8 Å². The Morgan fingerprint density at radius 1 is 1.27 bits per heavy atom. The van der Waals surface area contributed by atoms with Gasteiger partial charge in [0.25, 0.3) is 0 Å². The number of alkyl halides is 1. The first-order valence-electron chi connectivity index (χ1n) is 4.98. The molecule has 0 aliphatic carbocycles. The van der Waals surface area contributed by atoms with Gasteiger partial charge in [0.15, 0.2) is 9.84 Å². The molecule has 2 atom stereocenters. The van der Waals surface area contributed by atoms with Crippen molar-refractivity contribution in [3.05, 3.63) is 35.9 Å². The van der Waals surface area contributed by atoms with Gasteiger partial charge in [-0.15, -0.1) is 11.6 Å². The molecule has 4 heteroatoms. The molecule has 82 valence electrons. The third-order valence-electron chi connectivity index (χ3n) is 2.80. The van der Waals surface area contributed by atoms with E-state index in [0.29, 0.717) is 6.42 Å². The largest absolute Gasteiger partial charge is 0.229 e. The molecule has 0 bridgehead atoms. The maximum Gasteiger partial charge on any atom is 0.150 e. The zero-order valence-corrected chi connectivity index (χ0v) is 9.84. The molecule has 15 heavy (non-hydrogen) atoms. The van der Waals surface area contributed by atoms with Gasteiger partial charge in [0.2, 0.25) is 0 Å². The van der Waals surface area contributed by atoms with Gasteiger partial charge < -0.3 is 0 Å². The van der Waals surface area contributed by atoms with Crippen LogP contribution in [0.15, 0.2) is 30.3 Å². The summed E-state index contributed by atoms with van der Waals surface area (Å²) in [5.41, 5.74) is 1.02. The lowest BCUT2D eigenvalue weighted by molar-refractivity contribution is 0.569. The van der Waals surface area contributed by atoms with Gasteiger partial charge in [-0.1, -0.05) is 30.3 Å². The van der Waals surface area contributed by atoms with E-state index in [1.807, 2.05) is 30.3 Å². The molecular weight excluding hydrogens is 232 g/mol. The highest BCUT2D eigenvalue weighted by molar-refractivity contribution is 7.91.